The van der Waals surface area contributed by atoms with E-state index in [1.165, 1.54) is 18.2 Å². The Hall–Kier alpha value is -2.59. The molecule has 3 heterocycles. The van der Waals surface area contributed by atoms with E-state index in [2.05, 4.69) is 39.3 Å². The van der Waals surface area contributed by atoms with Crippen LogP contribution in [0.15, 0.2) is 43.0 Å². The predicted molar refractivity (Wildman–Crippen MR) is 102 cm³/mol. The summed E-state index contributed by atoms with van der Waals surface area (Å²) in [6.07, 6.45) is -0.395. The van der Waals surface area contributed by atoms with Crippen molar-refractivity contribution in [1.29, 1.82) is 0 Å². The number of aliphatic hydroxyl groups is 3. The number of nitrogens with zero attached hydrogens (tertiary/aromatic N) is 4. The van der Waals surface area contributed by atoms with Gasteiger partial charge in [0.25, 0.3) is 0 Å². The number of ether oxygens (including phenoxy) is 1. The molecular formula is C19H23N5O4. The van der Waals surface area contributed by atoms with Gasteiger partial charge < -0.3 is 25.4 Å². The van der Waals surface area contributed by atoms with Crippen molar-refractivity contribution < 1.29 is 20.1 Å². The molecule has 5 atom stereocenters. The zero-order valence-corrected chi connectivity index (χ0v) is 15.4. The van der Waals surface area contributed by atoms with Crippen molar-refractivity contribution in [3.05, 3.63) is 48.5 Å². The normalized spacial score (nSPS) is 25.9. The summed E-state index contributed by atoms with van der Waals surface area (Å²) in [5.74, 6) is 0.582. The molecule has 1 saturated heterocycles. The molecule has 9 heteroatoms. The molecule has 2 aromatic heterocycles. The Morgan fingerprint density at radius 3 is 2.64 bits per heavy atom. The quantitative estimate of drug-likeness (QED) is 0.483. The van der Waals surface area contributed by atoms with Crippen LogP contribution in [0.5, 0.6) is 0 Å². The van der Waals surface area contributed by atoms with Gasteiger partial charge in [-0.25, -0.2) is 15.0 Å². The summed E-state index contributed by atoms with van der Waals surface area (Å²) in [4.78, 5) is 12.9. The Kier molecular flexibility index (Phi) is 5.23. The second-order valence-corrected chi connectivity index (χ2v) is 7.01. The molecular weight excluding hydrogens is 362 g/mol. The maximum atomic E-state index is 10.3. The van der Waals surface area contributed by atoms with E-state index in [-0.39, 0.29) is 12.6 Å². The molecule has 0 amide bonds. The molecule has 1 aliphatic heterocycles. The molecule has 0 spiro atoms. The van der Waals surface area contributed by atoms with Crippen molar-refractivity contribution in [2.45, 2.75) is 43.9 Å². The first-order chi connectivity index (χ1) is 13.6. The van der Waals surface area contributed by atoms with Crippen LogP contribution in [0, 0.1) is 0 Å². The standard InChI is InChI=1S/C19H23N5O4/c1-11(7-12-5-3-2-4-6-12)23-17-14-18(21-9-20-17)24(10-22-14)19-16(27)15(26)13(8-25)28-19/h2-6,9-11,13,15-16,19,25-27H,7-8H2,1H3,(H,20,21,23)/t11?,13-,15?,16?,19-/m1/s1. The average molecular weight is 385 g/mol. The second kappa shape index (κ2) is 7.80. The van der Waals surface area contributed by atoms with Crippen molar-refractivity contribution in [3.8, 4) is 0 Å². The lowest BCUT2D eigenvalue weighted by Crippen LogP contribution is -2.33. The van der Waals surface area contributed by atoms with Gasteiger partial charge in [0.1, 0.15) is 24.6 Å². The molecule has 148 valence electrons. The first kappa shape index (κ1) is 18.8. The van der Waals surface area contributed by atoms with Crippen LogP contribution >= 0.6 is 0 Å². The van der Waals surface area contributed by atoms with Gasteiger partial charge in [0.2, 0.25) is 0 Å². The van der Waals surface area contributed by atoms with Gasteiger partial charge in [-0.05, 0) is 18.9 Å². The van der Waals surface area contributed by atoms with Crippen LogP contribution in [0.25, 0.3) is 11.2 Å². The zero-order chi connectivity index (χ0) is 19.7. The highest BCUT2D eigenvalue weighted by Gasteiger charge is 2.44. The second-order valence-electron chi connectivity index (χ2n) is 7.01. The molecule has 0 radical (unpaired) electrons. The van der Waals surface area contributed by atoms with Gasteiger partial charge in [0.15, 0.2) is 23.2 Å². The van der Waals surface area contributed by atoms with Gasteiger partial charge in [-0.15, -0.1) is 0 Å². The van der Waals surface area contributed by atoms with Crippen LogP contribution in [0.1, 0.15) is 18.7 Å². The van der Waals surface area contributed by atoms with Crippen LogP contribution in [0.2, 0.25) is 0 Å². The van der Waals surface area contributed by atoms with Crippen LogP contribution in [-0.2, 0) is 11.2 Å². The maximum Gasteiger partial charge on any atom is 0.167 e. The molecule has 0 saturated carbocycles. The first-order valence-electron chi connectivity index (χ1n) is 9.19. The summed E-state index contributed by atoms with van der Waals surface area (Å²) in [7, 11) is 0. The van der Waals surface area contributed by atoms with Crippen molar-refractivity contribution in [2.75, 3.05) is 11.9 Å². The van der Waals surface area contributed by atoms with Crippen molar-refractivity contribution in [3.63, 3.8) is 0 Å². The van der Waals surface area contributed by atoms with Crippen LogP contribution in [0.4, 0.5) is 5.82 Å². The van der Waals surface area contributed by atoms with Gasteiger partial charge in [0, 0.05) is 6.04 Å². The van der Waals surface area contributed by atoms with Gasteiger partial charge in [-0.1, -0.05) is 30.3 Å². The maximum absolute atomic E-state index is 10.3. The van der Waals surface area contributed by atoms with E-state index >= 15 is 0 Å². The van der Waals surface area contributed by atoms with Gasteiger partial charge >= 0.3 is 0 Å². The number of hydrogen-bond donors (Lipinski definition) is 4. The lowest BCUT2D eigenvalue weighted by Gasteiger charge is -2.17. The van der Waals surface area contributed by atoms with E-state index in [1.807, 2.05) is 18.2 Å². The summed E-state index contributed by atoms with van der Waals surface area (Å²) in [5.41, 5.74) is 2.23. The Morgan fingerprint density at radius 1 is 1.14 bits per heavy atom. The Labute approximate surface area is 161 Å². The van der Waals surface area contributed by atoms with Gasteiger partial charge in [-0.3, -0.25) is 4.57 Å². The number of nitrogens with one attached hydrogen (secondary N) is 1. The Morgan fingerprint density at radius 2 is 1.93 bits per heavy atom. The number of rotatable bonds is 6. The fourth-order valence-electron chi connectivity index (χ4n) is 3.51. The van der Waals surface area contributed by atoms with Gasteiger partial charge in [0.05, 0.1) is 12.9 Å². The number of imidazole rings is 1. The number of fused-ring (bicyclic) bond motifs is 1. The third kappa shape index (κ3) is 3.45. The molecule has 28 heavy (non-hydrogen) atoms. The number of anilines is 1. The average Bonchev–Trinajstić information content (AvgIpc) is 3.25. The van der Waals surface area contributed by atoms with Crippen molar-refractivity contribution in [2.24, 2.45) is 0 Å². The molecule has 4 N–H and O–H groups in total. The molecule has 1 fully saturated rings. The third-order valence-corrected chi connectivity index (χ3v) is 4.92. The first-order valence-corrected chi connectivity index (χ1v) is 9.19. The molecule has 4 rings (SSSR count). The van der Waals surface area contributed by atoms with E-state index in [0.717, 1.165) is 6.42 Å². The summed E-state index contributed by atoms with van der Waals surface area (Å²) >= 11 is 0. The van der Waals surface area contributed by atoms with Crippen molar-refractivity contribution >= 4 is 17.0 Å². The Bertz CT molecular complexity index is 934. The van der Waals surface area contributed by atoms with E-state index in [9.17, 15) is 15.3 Å². The van der Waals surface area contributed by atoms with E-state index < -0.39 is 24.5 Å². The minimum Gasteiger partial charge on any atom is -0.394 e. The zero-order valence-electron chi connectivity index (χ0n) is 15.4. The summed E-state index contributed by atoms with van der Waals surface area (Å²) in [6, 6.07) is 10.3. The monoisotopic (exact) mass is 385 g/mol. The molecule has 9 nitrogen and oxygen atoms in total. The molecule has 3 aromatic rings. The minimum absolute atomic E-state index is 0.111. The molecule has 0 aliphatic carbocycles. The van der Waals surface area contributed by atoms with Gasteiger partial charge in [-0.2, -0.15) is 0 Å². The topological polar surface area (TPSA) is 126 Å². The highest BCUT2D eigenvalue weighted by atomic mass is 16.6. The number of benzene rings is 1. The summed E-state index contributed by atoms with van der Waals surface area (Å²) in [5, 5.41) is 32.9. The van der Waals surface area contributed by atoms with E-state index in [0.29, 0.717) is 17.0 Å². The van der Waals surface area contributed by atoms with Crippen LogP contribution in [0.3, 0.4) is 0 Å². The Balaban J connectivity index is 1.57. The van der Waals surface area contributed by atoms with E-state index in [1.54, 1.807) is 4.57 Å². The number of hydrogen-bond acceptors (Lipinski definition) is 8. The largest absolute Gasteiger partial charge is 0.394 e. The van der Waals surface area contributed by atoms with Crippen molar-refractivity contribution in [1.82, 2.24) is 19.5 Å². The minimum atomic E-state index is -1.20. The molecule has 1 aliphatic rings. The smallest absolute Gasteiger partial charge is 0.167 e. The lowest BCUT2D eigenvalue weighted by atomic mass is 10.1. The SMILES string of the molecule is CC(Cc1ccccc1)Nc1ncnc2c1ncn2[C@@H]1O[C@H](CO)C(O)C1O. The highest BCUT2D eigenvalue weighted by Crippen LogP contribution is 2.32. The number of aromatic nitrogens is 4. The number of aliphatic hydroxyl groups excluding tert-OH is 3. The summed E-state index contributed by atoms with van der Waals surface area (Å²) in [6.45, 7) is 1.67. The fourth-order valence-corrected chi connectivity index (χ4v) is 3.51. The molecule has 1 aromatic carbocycles. The predicted octanol–water partition coefficient (Wildman–Crippen LogP) is 0.481. The lowest BCUT2D eigenvalue weighted by molar-refractivity contribution is -0.0511. The fraction of sp³-hybridized carbons (Fsp3) is 0.421. The highest BCUT2D eigenvalue weighted by molar-refractivity contribution is 5.82. The summed E-state index contributed by atoms with van der Waals surface area (Å²) < 4.78 is 7.13. The molecule has 3 unspecified atom stereocenters. The van der Waals surface area contributed by atoms with E-state index in [4.69, 9.17) is 4.74 Å². The third-order valence-electron chi connectivity index (χ3n) is 4.92. The van der Waals surface area contributed by atoms with Crippen LogP contribution in [-0.4, -0.2) is 65.8 Å². The molecule has 0 bridgehead atoms. The van der Waals surface area contributed by atoms with Crippen LogP contribution < -0.4 is 5.32 Å².